The van der Waals surface area contributed by atoms with E-state index in [2.05, 4.69) is 45.7 Å². The number of aliphatic hydroxyl groups is 3. The molecule has 775 valence electrons. The molecule has 9 fully saturated rings. The van der Waals surface area contributed by atoms with E-state index in [-0.39, 0.29) is 103 Å². The molecule has 0 saturated carbocycles. The number of alkyl halides is 5. The lowest BCUT2D eigenvalue weighted by Gasteiger charge is -2.30. The van der Waals surface area contributed by atoms with Crippen molar-refractivity contribution in [2.75, 3.05) is 46.3 Å². The van der Waals surface area contributed by atoms with Crippen LogP contribution in [0.4, 0.5) is 22.0 Å². The summed E-state index contributed by atoms with van der Waals surface area (Å²) in [6.07, 6.45) is -11.3. The Labute approximate surface area is 782 Å². The van der Waals surface area contributed by atoms with E-state index in [4.69, 9.17) is 105 Å². The zero-order valence-electron chi connectivity index (χ0n) is 72.1. The molecule has 0 aromatic carbocycles. The Balaban J connectivity index is 0.00000164. The fraction of sp³-hybridized carbons (Fsp3) is 0.718. The van der Waals surface area contributed by atoms with Gasteiger partial charge in [0, 0.05) is 100 Å². The molecule has 10 aliphatic rings. The molecule has 0 spiro atoms. The van der Waals surface area contributed by atoms with Crippen molar-refractivity contribution in [3.8, 4) is 6.01 Å². The summed E-state index contributed by atoms with van der Waals surface area (Å²) in [6, 6.07) is 5.30. The van der Waals surface area contributed by atoms with Gasteiger partial charge in [-0.3, -0.25) is 75.9 Å². The summed E-state index contributed by atoms with van der Waals surface area (Å²) in [5, 5.41) is 38.2. The summed E-state index contributed by atoms with van der Waals surface area (Å²) in [6.45, 7) is 23.4. The van der Waals surface area contributed by atoms with Crippen LogP contribution in [0.1, 0.15) is 180 Å². The number of H-pyrrole nitrogens is 4. The maximum atomic E-state index is 15.9. The van der Waals surface area contributed by atoms with Crippen molar-refractivity contribution < 1.29 is 141 Å². The molecular weight excluding hydrogens is 1890 g/mol. The molecule has 2 bridgehead atoms. The van der Waals surface area contributed by atoms with Gasteiger partial charge in [0.05, 0.1) is 6.54 Å². The van der Waals surface area contributed by atoms with E-state index in [1.165, 1.54) is 48.8 Å². The van der Waals surface area contributed by atoms with Crippen molar-refractivity contribution in [1.82, 2.24) is 57.9 Å². The van der Waals surface area contributed by atoms with E-state index in [1.54, 1.807) is 62.3 Å². The van der Waals surface area contributed by atoms with Crippen LogP contribution in [0.3, 0.4) is 0 Å². The van der Waals surface area contributed by atoms with Crippen molar-refractivity contribution >= 4 is 35.8 Å². The second-order valence-electron chi connectivity index (χ2n) is 32.6. The Kier molecular flexibility index (Phi) is 46.1. The third-order valence-electron chi connectivity index (χ3n) is 20.4. The maximum Gasteiger partial charge on any atom is 0.373 e. The van der Waals surface area contributed by atoms with E-state index in [0.29, 0.717) is 0 Å². The quantitative estimate of drug-likeness (QED) is 0.00984. The number of nitrogens with zero attached hydrogens (tertiary/aromatic N) is 9. The van der Waals surface area contributed by atoms with Crippen LogP contribution >= 0.6 is 15.0 Å². The minimum atomic E-state index is -3.43. The number of halogens is 5. The lowest BCUT2D eigenvalue weighted by atomic mass is 10.1. The number of carbonyl (C=O) groups excluding carboxylic acids is 4. The monoisotopic (exact) mass is 2010 g/mol. The van der Waals surface area contributed by atoms with Gasteiger partial charge in [-0.25, -0.2) is 51.3 Å². The standard InChI is InChI=1S/C18H29FN3O7P.C15H25FN3O7P.C12H14FN5O5.C12H15FN2O6.C12H13FN2O5.2CO2.7CH4.B.HNO/c1-10(2)11(3)21-30(6,25)26-9-18(19)14-13(27-17(4,5)28-14)15(29-18)22-8-7-12(23)20-16(22)24;1-8(2)9(3)18-27(4,24)25-7-15(16)12(22)11(21)13(26-15)19-6-5-10(20)17-14(19)23;1-11(2)21-7-8(22-11)12(13,5-15-17-14)23-9(7)18-4-3-6(19)16-10(18)20;1-11(2)19-7-8(20-11)12(13,5-16)21-9(7)15-4-3-6(17)14-10(15)18;1-11(2)18-7-8(19-11)12(13)5-17-10-14-6(16)3-4-15(10)9(7)20-12;2*2-1-3;;;;;;;;;1-2/h7-8,10-11,13-15H,9H2,1-6H3,(H,21,25)(H,20,23,24);5-6,8-9,11-13,21-22H,7H2,1-4H3,(H,18,24)(H,17,20,23);3-4,7-9H,5H2,1-2H3,(H,16,19,20);3-4,7-9,16H,5H2,1-2H3,(H,14,17,18);3-4,7-9H,5H2,1-2H3;;;7*1H4;;1H/t11-,13-,14?,15+,18+,30?;9-,11-,12?,13+,15+,27?;3*7-,8?,9+,12+;;;;;;;;;;;/m00000.........../s1. The Morgan fingerprint density at radius 2 is 0.781 bits per heavy atom. The van der Waals surface area contributed by atoms with Crippen LogP contribution in [0.25, 0.3) is 10.4 Å². The molecule has 137 heavy (non-hydrogen) atoms. The first kappa shape index (κ1) is 127. The largest absolute Gasteiger partial charge is 0.458 e. The van der Waals surface area contributed by atoms with Crippen LogP contribution in [0.5, 0.6) is 6.01 Å². The van der Waals surface area contributed by atoms with Crippen molar-refractivity contribution in [2.45, 2.75) is 306 Å². The van der Waals surface area contributed by atoms with Gasteiger partial charge in [0.1, 0.15) is 56.4 Å². The second-order valence-corrected chi connectivity index (χ2v) is 37.0. The number of nitrogens with one attached hydrogen (secondary N) is 7. The Bertz CT molecular complexity index is 5610. The molecule has 10 aliphatic heterocycles. The number of rotatable bonds is 19. The fourth-order valence-corrected chi connectivity index (χ4v) is 17.2. The number of nitroso groups, excluding NO2 is 1. The SMILES string of the molecule is C.C.C.C.C.C.C.CC(C)[C@H](C)NP(C)(=O)OC[C@@]1(F)O[C@@H](n2ccc(=O)[nH]c2=O)[C@@H](O)C1O.CC(C)[C@H](C)NP(C)(=O)OC[C@@]1(F)O[C@@H](n2ccc(=O)[nH]c2=O)[C@H]2OC(C)(C)OC21.CC1(C)OC2[C@H](O1)[C@H](n1ccc(=O)[nH]c1=O)O[C@]2(F)CN=[N+]=[N-].CC1(C)OC2[C@H](O1)[C@H](n1ccc(=O)[nH]c1=O)O[C@]2(F)CO.CC1(C)OC2[C@H](O1)[C@H]1O[C@]2(F)COc2nc(=O)ccn21.N=O.O=C=O.O=C=O.[B]. The van der Waals surface area contributed by atoms with Gasteiger partial charge < -0.3 is 90.7 Å². The zero-order valence-corrected chi connectivity index (χ0v) is 73.9. The molecule has 24 atom stereocenters. The van der Waals surface area contributed by atoms with E-state index in [1.807, 2.05) is 39.6 Å². The fourth-order valence-electron chi connectivity index (χ4n) is 14.1. The molecule has 0 amide bonds. The molecule has 5 aromatic rings. The van der Waals surface area contributed by atoms with Crippen LogP contribution in [-0.4, -0.2) is 256 Å². The Morgan fingerprint density at radius 3 is 1.12 bits per heavy atom. The van der Waals surface area contributed by atoms with Gasteiger partial charge in [0.25, 0.3) is 66.3 Å². The zero-order chi connectivity index (χ0) is 96.8. The molecular formula is C78H125BF5N16O35P2. The lowest BCUT2D eigenvalue weighted by molar-refractivity contribution is -0.265. The summed E-state index contributed by atoms with van der Waals surface area (Å²) >= 11 is 0. The molecule has 51 nitrogen and oxygen atoms in total. The smallest absolute Gasteiger partial charge is 0.373 e. The van der Waals surface area contributed by atoms with Crippen LogP contribution < -0.4 is 65.5 Å². The van der Waals surface area contributed by atoms with Crippen LogP contribution in [0, 0.1) is 22.3 Å². The average molecular weight is 2010 g/mol. The molecule has 59 heteroatoms. The van der Waals surface area contributed by atoms with Gasteiger partial charge in [-0.15, -0.1) is 0 Å². The van der Waals surface area contributed by atoms with Crippen LogP contribution in [0.15, 0.2) is 110 Å². The minimum absolute atomic E-state index is 0. The van der Waals surface area contributed by atoms with Gasteiger partial charge in [0.15, 0.2) is 85.3 Å². The van der Waals surface area contributed by atoms with Crippen LogP contribution in [0.2, 0.25) is 0 Å². The third-order valence-corrected chi connectivity index (χ3v) is 23.4. The first-order valence-corrected chi connectivity index (χ1v) is 42.9. The van der Waals surface area contributed by atoms with E-state index in [9.17, 15) is 76.4 Å². The average Bonchev–Trinajstić information content (AvgIpc) is 1.60. The topological polar surface area (TPSA) is 679 Å². The highest BCUT2D eigenvalue weighted by Crippen LogP contribution is 2.55. The summed E-state index contributed by atoms with van der Waals surface area (Å²) in [4.78, 5) is 158. The molecule has 3 radical (unpaired) electrons. The molecule has 0 aliphatic carbocycles. The number of fused-ring (bicyclic) bond motifs is 10. The lowest BCUT2D eigenvalue weighted by Crippen LogP contribution is -2.44. The van der Waals surface area contributed by atoms with E-state index in [0.717, 1.165) is 48.7 Å². The highest BCUT2D eigenvalue weighted by atomic mass is 31.2. The van der Waals surface area contributed by atoms with Crippen molar-refractivity contribution in [2.24, 2.45) is 17.0 Å². The summed E-state index contributed by atoms with van der Waals surface area (Å²) < 4.78 is 193. The van der Waals surface area contributed by atoms with Crippen LogP contribution in [-0.2, 0) is 98.9 Å². The summed E-state index contributed by atoms with van der Waals surface area (Å²) in [7, 11) is -6.79. The van der Waals surface area contributed by atoms with Gasteiger partial charge in [0.2, 0.25) is 5.85 Å². The predicted molar refractivity (Wildman–Crippen MR) is 470 cm³/mol. The number of hydrogen-bond donors (Lipinski definition) is 10. The first-order chi connectivity index (χ1) is 59.8. The minimum Gasteiger partial charge on any atom is -0.458 e. The first-order valence-electron chi connectivity index (χ1n) is 38.7. The van der Waals surface area contributed by atoms with Crippen molar-refractivity contribution in [1.29, 1.82) is 5.59 Å². The predicted octanol–water partition coefficient (Wildman–Crippen LogP) is 5.04. The molecule has 7 unspecified atom stereocenters. The van der Waals surface area contributed by atoms with Gasteiger partial charge >= 0.3 is 41.1 Å². The highest BCUT2D eigenvalue weighted by molar-refractivity contribution is 7.56. The molecule has 15 rings (SSSR count). The summed E-state index contributed by atoms with van der Waals surface area (Å²) in [5.74, 6) is -16.4. The van der Waals surface area contributed by atoms with Crippen molar-refractivity contribution in [3.63, 3.8) is 0 Å². The number of hydrogen-bond acceptors (Lipinski definition) is 38. The number of aliphatic hydroxyl groups excluding tert-OH is 3. The Hall–Kier alpha value is -9.56. The number of aromatic nitrogens is 10. The highest BCUT2D eigenvalue weighted by Gasteiger charge is 2.70. The maximum absolute atomic E-state index is 15.9. The van der Waals surface area contributed by atoms with Gasteiger partial charge in [-0.1, -0.05) is 90.4 Å². The van der Waals surface area contributed by atoms with Gasteiger partial charge in [-0.05, 0) is 86.6 Å². The molecule has 15 heterocycles. The normalized spacial score (nSPS) is 31.3. The molecule has 5 aromatic heterocycles. The summed E-state index contributed by atoms with van der Waals surface area (Å²) in [5.41, 5.74) is 6.74. The van der Waals surface area contributed by atoms with Crippen molar-refractivity contribution in [3.05, 3.63) is 170 Å². The molecule has 9 saturated heterocycles. The Morgan fingerprint density at radius 1 is 0.489 bits per heavy atom. The molecule has 10 N–H and O–H groups in total. The number of aromatic amines is 4. The number of azide groups is 1. The number of ether oxygens (including phenoxy) is 14. The van der Waals surface area contributed by atoms with E-state index < -0.39 is 243 Å². The third kappa shape index (κ3) is 29.8. The van der Waals surface area contributed by atoms with E-state index >= 15 is 13.2 Å². The van der Waals surface area contributed by atoms with Gasteiger partial charge in [-0.2, -0.15) is 29.1 Å². The second kappa shape index (κ2) is 49.5.